The van der Waals surface area contributed by atoms with E-state index in [1.165, 1.54) is 0 Å². The molecule has 62 valence electrons. The van der Waals surface area contributed by atoms with Crippen molar-refractivity contribution in [3.63, 3.8) is 0 Å². The van der Waals surface area contributed by atoms with Crippen molar-refractivity contribution in [2.75, 3.05) is 7.11 Å². The lowest BCUT2D eigenvalue weighted by Crippen LogP contribution is -2.08. The zero-order chi connectivity index (χ0) is 8.27. The summed E-state index contributed by atoms with van der Waals surface area (Å²) < 4.78 is 10.00. The molecule has 1 rings (SSSR count). The molecule has 0 fully saturated rings. The number of nitrogens with two attached hydrogens (primary N) is 1. The minimum Gasteiger partial charge on any atom is -0.468 e. The lowest BCUT2D eigenvalue weighted by atomic mass is 10.1. The minimum absolute atomic E-state index is 0.0173. The van der Waals surface area contributed by atoms with Gasteiger partial charge in [0.2, 0.25) is 0 Å². The van der Waals surface area contributed by atoms with Gasteiger partial charge in [-0.1, -0.05) is 6.92 Å². The van der Waals surface area contributed by atoms with E-state index in [1.807, 2.05) is 13.0 Å². The molecule has 0 saturated carbocycles. The zero-order valence-corrected chi connectivity index (χ0v) is 6.83. The average molecular weight is 155 g/mol. The maximum Gasteiger partial charge on any atom is 0.288 e. The van der Waals surface area contributed by atoms with Crippen LogP contribution in [0.5, 0.6) is 5.95 Å². The lowest BCUT2D eigenvalue weighted by Gasteiger charge is -2.06. The van der Waals surface area contributed by atoms with E-state index in [4.69, 9.17) is 14.9 Å². The molecule has 1 heterocycles. The largest absolute Gasteiger partial charge is 0.468 e. The molecule has 1 aromatic heterocycles. The van der Waals surface area contributed by atoms with E-state index >= 15 is 0 Å². The summed E-state index contributed by atoms with van der Waals surface area (Å²) in [7, 11) is 1.57. The third kappa shape index (κ3) is 1.54. The molecule has 1 unspecified atom stereocenters. The Hall–Kier alpha value is -0.960. The van der Waals surface area contributed by atoms with E-state index in [9.17, 15) is 0 Å². The topological polar surface area (TPSA) is 48.4 Å². The van der Waals surface area contributed by atoms with Crippen LogP contribution in [0.3, 0.4) is 0 Å². The highest BCUT2D eigenvalue weighted by Crippen LogP contribution is 2.25. The van der Waals surface area contributed by atoms with Gasteiger partial charge in [-0.15, -0.1) is 0 Å². The van der Waals surface area contributed by atoms with Crippen molar-refractivity contribution in [1.82, 2.24) is 0 Å². The van der Waals surface area contributed by atoms with E-state index in [0.717, 1.165) is 12.0 Å². The monoisotopic (exact) mass is 155 g/mol. The third-order valence-electron chi connectivity index (χ3n) is 1.68. The van der Waals surface area contributed by atoms with Crippen LogP contribution in [0.1, 0.15) is 24.9 Å². The van der Waals surface area contributed by atoms with Crippen LogP contribution in [0.4, 0.5) is 0 Å². The summed E-state index contributed by atoms with van der Waals surface area (Å²) in [6.07, 6.45) is 2.47. The van der Waals surface area contributed by atoms with Crippen LogP contribution in [0.2, 0.25) is 0 Å². The summed E-state index contributed by atoms with van der Waals surface area (Å²) in [6.45, 7) is 2.02. The highest BCUT2D eigenvalue weighted by molar-refractivity contribution is 5.25. The van der Waals surface area contributed by atoms with Crippen LogP contribution < -0.4 is 10.5 Å². The molecule has 0 aliphatic carbocycles. The first-order valence-corrected chi connectivity index (χ1v) is 3.66. The number of hydrogen-bond acceptors (Lipinski definition) is 3. The van der Waals surface area contributed by atoms with Gasteiger partial charge in [0, 0.05) is 6.04 Å². The Balaban J connectivity index is 2.83. The molecule has 0 saturated heterocycles. The first-order chi connectivity index (χ1) is 5.29. The number of ether oxygens (including phenoxy) is 1. The maximum absolute atomic E-state index is 5.78. The van der Waals surface area contributed by atoms with Gasteiger partial charge in [-0.05, 0) is 12.5 Å². The molecule has 0 aromatic carbocycles. The van der Waals surface area contributed by atoms with Gasteiger partial charge in [0.25, 0.3) is 5.95 Å². The van der Waals surface area contributed by atoms with E-state index in [1.54, 1.807) is 13.4 Å². The van der Waals surface area contributed by atoms with Crippen molar-refractivity contribution in [3.05, 3.63) is 17.9 Å². The van der Waals surface area contributed by atoms with E-state index in [2.05, 4.69) is 0 Å². The van der Waals surface area contributed by atoms with Gasteiger partial charge in [0.05, 0.1) is 18.9 Å². The van der Waals surface area contributed by atoms with Gasteiger partial charge in [0.1, 0.15) is 0 Å². The van der Waals surface area contributed by atoms with E-state index in [-0.39, 0.29) is 6.04 Å². The molecule has 2 N–H and O–H groups in total. The fraction of sp³-hybridized carbons (Fsp3) is 0.500. The fourth-order valence-corrected chi connectivity index (χ4v) is 0.966. The second-order valence-corrected chi connectivity index (χ2v) is 2.38. The number of methoxy groups -OCH3 is 1. The van der Waals surface area contributed by atoms with Crippen LogP contribution in [-0.2, 0) is 0 Å². The first-order valence-electron chi connectivity index (χ1n) is 3.66. The first kappa shape index (κ1) is 8.14. The van der Waals surface area contributed by atoms with Gasteiger partial charge in [0.15, 0.2) is 0 Å². The normalized spacial score (nSPS) is 13.0. The molecule has 1 aromatic rings. The van der Waals surface area contributed by atoms with Crippen LogP contribution in [0, 0.1) is 0 Å². The molecule has 0 aliphatic heterocycles. The molecule has 0 radical (unpaired) electrons. The molecule has 0 bridgehead atoms. The highest BCUT2D eigenvalue weighted by atomic mass is 16.6. The molecule has 1 atom stereocenters. The van der Waals surface area contributed by atoms with Crippen LogP contribution >= 0.6 is 0 Å². The Morgan fingerprint density at radius 1 is 1.73 bits per heavy atom. The molecule has 0 amide bonds. The minimum atomic E-state index is 0.0173. The molecular weight excluding hydrogens is 142 g/mol. The number of hydrogen-bond donors (Lipinski definition) is 1. The van der Waals surface area contributed by atoms with Crippen LogP contribution in [-0.4, -0.2) is 7.11 Å². The van der Waals surface area contributed by atoms with Crippen molar-refractivity contribution in [2.24, 2.45) is 5.73 Å². The van der Waals surface area contributed by atoms with E-state index in [0.29, 0.717) is 5.95 Å². The summed E-state index contributed by atoms with van der Waals surface area (Å²) in [5.74, 6) is 0.527. The average Bonchev–Trinajstić information content (AvgIpc) is 2.50. The Bertz CT molecular complexity index is 220. The quantitative estimate of drug-likeness (QED) is 0.722. The smallest absolute Gasteiger partial charge is 0.288 e. The van der Waals surface area contributed by atoms with E-state index < -0.39 is 0 Å². The summed E-state index contributed by atoms with van der Waals surface area (Å²) in [6, 6.07) is 1.86. The second-order valence-electron chi connectivity index (χ2n) is 2.38. The zero-order valence-electron chi connectivity index (χ0n) is 6.83. The van der Waals surface area contributed by atoms with Crippen molar-refractivity contribution < 1.29 is 9.15 Å². The second kappa shape index (κ2) is 3.44. The van der Waals surface area contributed by atoms with Crippen molar-refractivity contribution in [1.29, 1.82) is 0 Å². The van der Waals surface area contributed by atoms with Crippen LogP contribution in [0.25, 0.3) is 0 Å². The summed E-state index contributed by atoms with van der Waals surface area (Å²) in [5.41, 5.74) is 6.71. The van der Waals surface area contributed by atoms with Crippen molar-refractivity contribution >= 4 is 0 Å². The lowest BCUT2D eigenvalue weighted by molar-refractivity contribution is 0.298. The standard InChI is InChI=1S/C8H13NO2/c1-3-7(9)6-4-5-11-8(6)10-2/h4-5,7H,3,9H2,1-2H3. The van der Waals surface area contributed by atoms with Crippen molar-refractivity contribution in [2.45, 2.75) is 19.4 Å². The molecule has 3 heteroatoms. The van der Waals surface area contributed by atoms with Crippen LogP contribution in [0.15, 0.2) is 16.7 Å². The fourth-order valence-electron chi connectivity index (χ4n) is 0.966. The Morgan fingerprint density at radius 3 is 3.00 bits per heavy atom. The van der Waals surface area contributed by atoms with Gasteiger partial charge >= 0.3 is 0 Å². The van der Waals surface area contributed by atoms with Crippen molar-refractivity contribution in [3.8, 4) is 5.95 Å². The molecule has 0 spiro atoms. The maximum atomic E-state index is 5.78. The van der Waals surface area contributed by atoms with Gasteiger partial charge < -0.3 is 14.9 Å². The predicted molar refractivity (Wildman–Crippen MR) is 42.5 cm³/mol. The Kier molecular flexibility index (Phi) is 2.54. The Morgan fingerprint density at radius 2 is 2.45 bits per heavy atom. The Labute approximate surface area is 66.1 Å². The van der Waals surface area contributed by atoms with Gasteiger partial charge in [-0.3, -0.25) is 0 Å². The third-order valence-corrected chi connectivity index (χ3v) is 1.68. The highest BCUT2D eigenvalue weighted by Gasteiger charge is 2.12. The molecular formula is C8H13NO2. The summed E-state index contributed by atoms with van der Waals surface area (Å²) >= 11 is 0. The summed E-state index contributed by atoms with van der Waals surface area (Å²) in [5, 5.41) is 0. The SMILES string of the molecule is CCC(N)c1ccoc1OC. The predicted octanol–water partition coefficient (Wildman–Crippen LogP) is 1.70. The molecule has 11 heavy (non-hydrogen) atoms. The van der Waals surface area contributed by atoms with Gasteiger partial charge in [-0.2, -0.15) is 0 Å². The molecule has 0 aliphatic rings. The number of furan rings is 1. The summed E-state index contributed by atoms with van der Waals surface area (Å²) in [4.78, 5) is 0. The number of rotatable bonds is 3. The van der Waals surface area contributed by atoms with Gasteiger partial charge in [-0.25, -0.2) is 0 Å². The molecule has 3 nitrogen and oxygen atoms in total.